The Kier molecular flexibility index (Phi) is 6.12. The van der Waals surface area contributed by atoms with Gasteiger partial charge in [-0.25, -0.2) is 4.79 Å². The molecule has 4 heteroatoms. The highest BCUT2D eigenvalue weighted by atomic mass is 16.3. The van der Waals surface area contributed by atoms with Crippen LogP contribution in [0.1, 0.15) is 22.3 Å². The summed E-state index contributed by atoms with van der Waals surface area (Å²) in [5.74, 6) is 0. The molecule has 0 aliphatic carbocycles. The summed E-state index contributed by atoms with van der Waals surface area (Å²) in [5.41, 5.74) is 2.26. The highest BCUT2D eigenvalue weighted by Crippen LogP contribution is 2.36. The van der Waals surface area contributed by atoms with Crippen molar-refractivity contribution in [2.75, 3.05) is 20.6 Å². The number of urea groups is 1. The predicted molar refractivity (Wildman–Crippen MR) is 112 cm³/mol. The van der Waals surface area contributed by atoms with Gasteiger partial charge in [0.25, 0.3) is 0 Å². The second kappa shape index (κ2) is 8.72. The standard InChI is InChI=1S/C24H26N2O2/c1-26(2)23(27)25-17-16-19-10-9-15-22(18-19)24(28,20-11-5-3-6-12-20)21-13-7-4-8-14-21/h3-15,18,28H,16-17H2,1-2H3,(H,25,27). The van der Waals surface area contributed by atoms with E-state index in [1.807, 2.05) is 84.9 Å². The lowest BCUT2D eigenvalue weighted by Gasteiger charge is -2.30. The number of carbonyl (C=O) groups is 1. The molecule has 3 rings (SSSR count). The smallest absolute Gasteiger partial charge is 0.316 e. The minimum absolute atomic E-state index is 0.110. The molecule has 2 N–H and O–H groups in total. The van der Waals surface area contributed by atoms with E-state index in [0.29, 0.717) is 13.0 Å². The van der Waals surface area contributed by atoms with Crippen molar-refractivity contribution < 1.29 is 9.90 Å². The van der Waals surface area contributed by atoms with E-state index >= 15 is 0 Å². The number of nitrogens with one attached hydrogen (secondary N) is 1. The second-order valence-corrected chi connectivity index (χ2v) is 7.02. The summed E-state index contributed by atoms with van der Waals surface area (Å²) in [6.45, 7) is 0.537. The fourth-order valence-electron chi connectivity index (χ4n) is 3.28. The molecule has 0 radical (unpaired) electrons. The van der Waals surface area contributed by atoms with E-state index in [9.17, 15) is 9.90 Å². The number of benzene rings is 3. The summed E-state index contributed by atoms with van der Waals surface area (Å²) >= 11 is 0. The normalized spacial score (nSPS) is 11.1. The van der Waals surface area contributed by atoms with Crippen LogP contribution in [0.15, 0.2) is 84.9 Å². The van der Waals surface area contributed by atoms with Gasteiger partial charge < -0.3 is 15.3 Å². The Hall–Kier alpha value is -3.11. The van der Waals surface area contributed by atoms with Gasteiger partial charge in [0, 0.05) is 20.6 Å². The molecule has 144 valence electrons. The molecule has 3 aromatic rings. The topological polar surface area (TPSA) is 52.6 Å². The van der Waals surface area contributed by atoms with Gasteiger partial charge in [0.15, 0.2) is 0 Å². The lowest BCUT2D eigenvalue weighted by atomic mass is 9.80. The lowest BCUT2D eigenvalue weighted by Crippen LogP contribution is -2.35. The average Bonchev–Trinajstić information content (AvgIpc) is 2.74. The molecule has 0 heterocycles. The van der Waals surface area contributed by atoms with E-state index in [4.69, 9.17) is 0 Å². The maximum atomic E-state index is 11.9. The summed E-state index contributed by atoms with van der Waals surface area (Å²) in [6, 6.07) is 27.2. The zero-order valence-electron chi connectivity index (χ0n) is 16.3. The van der Waals surface area contributed by atoms with Crippen molar-refractivity contribution in [1.29, 1.82) is 0 Å². The van der Waals surface area contributed by atoms with Crippen LogP contribution in [0.3, 0.4) is 0 Å². The fraction of sp³-hybridized carbons (Fsp3) is 0.208. The van der Waals surface area contributed by atoms with Gasteiger partial charge in [-0.1, -0.05) is 84.9 Å². The SMILES string of the molecule is CN(C)C(=O)NCCc1cccc(C(O)(c2ccccc2)c2ccccc2)c1. The van der Waals surface area contributed by atoms with Crippen LogP contribution in [-0.2, 0) is 12.0 Å². The number of carbonyl (C=O) groups excluding carboxylic acids is 1. The van der Waals surface area contributed by atoms with E-state index in [1.54, 1.807) is 14.1 Å². The molecule has 4 nitrogen and oxygen atoms in total. The van der Waals surface area contributed by atoms with Crippen LogP contribution in [0.5, 0.6) is 0 Å². The molecule has 2 amide bonds. The van der Waals surface area contributed by atoms with Crippen LogP contribution in [0.4, 0.5) is 4.79 Å². The number of hydrogen-bond donors (Lipinski definition) is 2. The zero-order valence-corrected chi connectivity index (χ0v) is 16.3. The van der Waals surface area contributed by atoms with Gasteiger partial charge in [0.05, 0.1) is 0 Å². The molecular weight excluding hydrogens is 348 g/mol. The van der Waals surface area contributed by atoms with Crippen molar-refractivity contribution in [2.24, 2.45) is 0 Å². The Morgan fingerprint density at radius 1 is 0.857 bits per heavy atom. The molecule has 0 aliphatic heterocycles. The minimum Gasteiger partial charge on any atom is -0.376 e. The predicted octanol–water partition coefficient (Wildman–Crippen LogP) is 3.78. The van der Waals surface area contributed by atoms with Gasteiger partial charge in [-0.3, -0.25) is 0 Å². The lowest BCUT2D eigenvalue weighted by molar-refractivity contribution is 0.125. The zero-order chi connectivity index (χ0) is 20.0. The number of amides is 2. The van der Waals surface area contributed by atoms with Crippen molar-refractivity contribution in [3.8, 4) is 0 Å². The molecule has 0 aliphatic rings. The van der Waals surface area contributed by atoms with E-state index in [1.165, 1.54) is 4.90 Å². The van der Waals surface area contributed by atoms with Crippen LogP contribution >= 0.6 is 0 Å². The maximum Gasteiger partial charge on any atom is 0.316 e. The van der Waals surface area contributed by atoms with E-state index in [-0.39, 0.29) is 6.03 Å². The van der Waals surface area contributed by atoms with Crippen molar-refractivity contribution in [2.45, 2.75) is 12.0 Å². The first-order valence-corrected chi connectivity index (χ1v) is 9.40. The molecular formula is C24H26N2O2. The summed E-state index contributed by atoms with van der Waals surface area (Å²) in [4.78, 5) is 13.2. The third-order valence-electron chi connectivity index (χ3n) is 4.82. The first-order valence-electron chi connectivity index (χ1n) is 9.40. The van der Waals surface area contributed by atoms with Crippen molar-refractivity contribution in [3.05, 3.63) is 107 Å². The van der Waals surface area contributed by atoms with E-state index < -0.39 is 5.60 Å². The Morgan fingerprint density at radius 3 is 1.93 bits per heavy atom. The van der Waals surface area contributed by atoms with Crippen LogP contribution < -0.4 is 5.32 Å². The second-order valence-electron chi connectivity index (χ2n) is 7.02. The van der Waals surface area contributed by atoms with Gasteiger partial charge in [0.2, 0.25) is 0 Å². The van der Waals surface area contributed by atoms with E-state index in [0.717, 1.165) is 22.3 Å². The van der Waals surface area contributed by atoms with Crippen LogP contribution in [0, 0.1) is 0 Å². The van der Waals surface area contributed by atoms with Gasteiger partial charge >= 0.3 is 6.03 Å². The third-order valence-corrected chi connectivity index (χ3v) is 4.82. The molecule has 0 aromatic heterocycles. The van der Waals surface area contributed by atoms with Crippen LogP contribution in [0.2, 0.25) is 0 Å². The molecule has 28 heavy (non-hydrogen) atoms. The average molecular weight is 374 g/mol. The maximum absolute atomic E-state index is 11.9. The number of rotatable bonds is 6. The Bertz CT molecular complexity index is 869. The number of hydrogen-bond acceptors (Lipinski definition) is 2. The van der Waals surface area contributed by atoms with Gasteiger partial charge in [0.1, 0.15) is 5.60 Å². The van der Waals surface area contributed by atoms with Crippen LogP contribution in [0.25, 0.3) is 0 Å². The molecule has 0 spiro atoms. The summed E-state index contributed by atoms with van der Waals surface area (Å²) in [5, 5.41) is 14.7. The molecule has 0 saturated heterocycles. The van der Waals surface area contributed by atoms with Crippen LogP contribution in [-0.4, -0.2) is 36.7 Å². The quantitative estimate of drug-likeness (QED) is 0.645. The minimum atomic E-state index is -1.24. The van der Waals surface area contributed by atoms with Gasteiger partial charge in [-0.15, -0.1) is 0 Å². The summed E-state index contributed by atoms with van der Waals surface area (Å²) in [6.07, 6.45) is 0.688. The Labute approximate surface area is 166 Å². The molecule has 0 unspecified atom stereocenters. The molecule has 3 aromatic carbocycles. The van der Waals surface area contributed by atoms with Crippen molar-refractivity contribution in [1.82, 2.24) is 10.2 Å². The third kappa shape index (κ3) is 4.24. The highest BCUT2D eigenvalue weighted by Gasteiger charge is 2.33. The van der Waals surface area contributed by atoms with Crippen molar-refractivity contribution in [3.63, 3.8) is 0 Å². The summed E-state index contributed by atoms with van der Waals surface area (Å²) < 4.78 is 0. The Balaban J connectivity index is 1.93. The van der Waals surface area contributed by atoms with Crippen molar-refractivity contribution >= 4 is 6.03 Å². The highest BCUT2D eigenvalue weighted by molar-refractivity contribution is 5.73. The fourth-order valence-corrected chi connectivity index (χ4v) is 3.28. The Morgan fingerprint density at radius 2 is 1.39 bits per heavy atom. The molecule has 0 saturated carbocycles. The number of aliphatic hydroxyl groups is 1. The van der Waals surface area contributed by atoms with E-state index in [2.05, 4.69) is 5.32 Å². The first-order chi connectivity index (χ1) is 13.5. The first kappa shape index (κ1) is 19.6. The monoisotopic (exact) mass is 374 g/mol. The molecule has 0 fully saturated rings. The van der Waals surface area contributed by atoms with Gasteiger partial charge in [-0.05, 0) is 28.7 Å². The molecule has 0 bridgehead atoms. The van der Waals surface area contributed by atoms with Gasteiger partial charge in [-0.2, -0.15) is 0 Å². The summed E-state index contributed by atoms with van der Waals surface area (Å²) in [7, 11) is 3.44. The largest absolute Gasteiger partial charge is 0.376 e. The molecule has 0 atom stereocenters. The number of nitrogens with zero attached hydrogens (tertiary/aromatic N) is 1.